The fraction of sp³-hybridized carbons (Fsp3) is 0.818. The summed E-state index contributed by atoms with van der Waals surface area (Å²) in [5, 5.41) is 2.78. The molecule has 5 nitrogen and oxygen atoms in total. The smallest absolute Gasteiger partial charge is 0.244 e. The SMILES string of the molecule is CCCC(CN)C(=O)NC1CCN(C)C1=O. The molecule has 1 aliphatic heterocycles. The standard InChI is InChI=1S/C11H21N3O2/c1-3-4-8(7-12)10(15)13-9-5-6-14(2)11(9)16/h8-9H,3-7,12H2,1-2H3,(H,13,15). The van der Waals surface area contributed by atoms with Crippen LogP contribution in [0.5, 0.6) is 0 Å². The van der Waals surface area contributed by atoms with Crippen molar-refractivity contribution in [2.75, 3.05) is 20.1 Å². The van der Waals surface area contributed by atoms with Gasteiger partial charge in [0.1, 0.15) is 6.04 Å². The van der Waals surface area contributed by atoms with Gasteiger partial charge in [0.05, 0.1) is 5.92 Å². The van der Waals surface area contributed by atoms with Crippen molar-refractivity contribution in [1.82, 2.24) is 10.2 Å². The van der Waals surface area contributed by atoms with Crippen LogP contribution in [0.2, 0.25) is 0 Å². The van der Waals surface area contributed by atoms with E-state index in [2.05, 4.69) is 5.32 Å². The molecule has 0 aromatic heterocycles. The van der Waals surface area contributed by atoms with Crippen molar-refractivity contribution in [2.24, 2.45) is 11.7 Å². The fourth-order valence-corrected chi connectivity index (χ4v) is 1.95. The van der Waals surface area contributed by atoms with E-state index in [0.717, 1.165) is 12.8 Å². The van der Waals surface area contributed by atoms with Gasteiger partial charge in [-0.05, 0) is 12.8 Å². The van der Waals surface area contributed by atoms with Gasteiger partial charge in [-0.25, -0.2) is 0 Å². The molecule has 0 radical (unpaired) electrons. The first kappa shape index (κ1) is 13.0. The van der Waals surface area contributed by atoms with Crippen molar-refractivity contribution < 1.29 is 9.59 Å². The molecule has 1 saturated heterocycles. The molecule has 0 aromatic rings. The second-order valence-electron chi connectivity index (χ2n) is 4.33. The molecule has 3 N–H and O–H groups in total. The number of nitrogens with zero attached hydrogens (tertiary/aromatic N) is 1. The molecule has 92 valence electrons. The molecule has 1 aliphatic rings. The van der Waals surface area contributed by atoms with Crippen molar-refractivity contribution in [2.45, 2.75) is 32.2 Å². The van der Waals surface area contributed by atoms with E-state index in [1.807, 2.05) is 6.92 Å². The number of carbonyl (C=O) groups excluding carboxylic acids is 2. The third-order valence-electron chi connectivity index (χ3n) is 3.04. The van der Waals surface area contributed by atoms with E-state index in [4.69, 9.17) is 5.73 Å². The highest BCUT2D eigenvalue weighted by Gasteiger charge is 2.31. The number of hydrogen-bond acceptors (Lipinski definition) is 3. The molecule has 16 heavy (non-hydrogen) atoms. The minimum atomic E-state index is -0.344. The van der Waals surface area contributed by atoms with Gasteiger partial charge in [-0.15, -0.1) is 0 Å². The normalized spacial score (nSPS) is 22.3. The van der Waals surface area contributed by atoms with Gasteiger partial charge in [-0.2, -0.15) is 0 Å². The average Bonchev–Trinajstić information content (AvgIpc) is 2.57. The molecule has 1 fully saturated rings. The molecule has 0 bridgehead atoms. The average molecular weight is 227 g/mol. The van der Waals surface area contributed by atoms with Crippen molar-refractivity contribution in [3.05, 3.63) is 0 Å². The topological polar surface area (TPSA) is 75.4 Å². The Morgan fingerprint density at radius 3 is 2.81 bits per heavy atom. The zero-order valence-electron chi connectivity index (χ0n) is 10.0. The number of rotatable bonds is 5. The van der Waals surface area contributed by atoms with E-state index in [-0.39, 0.29) is 23.8 Å². The van der Waals surface area contributed by atoms with Gasteiger partial charge in [0.2, 0.25) is 11.8 Å². The van der Waals surface area contributed by atoms with Crippen LogP contribution in [0.25, 0.3) is 0 Å². The monoisotopic (exact) mass is 227 g/mol. The minimum Gasteiger partial charge on any atom is -0.344 e. The maximum absolute atomic E-state index is 11.8. The lowest BCUT2D eigenvalue weighted by Crippen LogP contribution is -2.44. The van der Waals surface area contributed by atoms with E-state index >= 15 is 0 Å². The van der Waals surface area contributed by atoms with E-state index in [1.54, 1.807) is 11.9 Å². The minimum absolute atomic E-state index is 0.000574. The number of amides is 2. The zero-order chi connectivity index (χ0) is 12.1. The Hall–Kier alpha value is -1.10. The van der Waals surface area contributed by atoms with E-state index in [1.165, 1.54) is 0 Å². The van der Waals surface area contributed by atoms with E-state index < -0.39 is 0 Å². The van der Waals surface area contributed by atoms with Gasteiger partial charge >= 0.3 is 0 Å². The summed E-state index contributed by atoms with van der Waals surface area (Å²) in [5.41, 5.74) is 5.54. The second kappa shape index (κ2) is 5.84. The molecule has 2 atom stereocenters. The fourth-order valence-electron chi connectivity index (χ4n) is 1.95. The summed E-state index contributed by atoms with van der Waals surface area (Å²) in [4.78, 5) is 25.0. The molecule has 5 heteroatoms. The first-order chi connectivity index (χ1) is 7.60. The Morgan fingerprint density at radius 2 is 2.38 bits per heavy atom. The van der Waals surface area contributed by atoms with Crippen LogP contribution in [0.15, 0.2) is 0 Å². The van der Waals surface area contributed by atoms with Crippen LogP contribution >= 0.6 is 0 Å². The third kappa shape index (κ3) is 2.95. The summed E-state index contributed by atoms with van der Waals surface area (Å²) in [6.07, 6.45) is 2.40. The van der Waals surface area contributed by atoms with Crippen LogP contribution in [0, 0.1) is 5.92 Å². The number of nitrogens with one attached hydrogen (secondary N) is 1. The van der Waals surface area contributed by atoms with Crippen LogP contribution in [0.4, 0.5) is 0 Å². The first-order valence-electron chi connectivity index (χ1n) is 5.85. The van der Waals surface area contributed by atoms with Gasteiger partial charge in [-0.3, -0.25) is 9.59 Å². The zero-order valence-corrected chi connectivity index (χ0v) is 10.0. The Kier molecular flexibility index (Phi) is 4.73. The summed E-state index contributed by atoms with van der Waals surface area (Å²) < 4.78 is 0. The molecule has 1 heterocycles. The third-order valence-corrected chi connectivity index (χ3v) is 3.04. The summed E-state index contributed by atoms with van der Waals surface area (Å²) in [7, 11) is 1.75. The molecule has 0 spiro atoms. The lowest BCUT2D eigenvalue weighted by molar-refractivity contribution is -0.133. The van der Waals surface area contributed by atoms with Gasteiger partial charge in [0, 0.05) is 20.1 Å². The largest absolute Gasteiger partial charge is 0.344 e. The molecular formula is C11H21N3O2. The molecule has 2 amide bonds. The summed E-state index contributed by atoms with van der Waals surface area (Å²) in [6, 6.07) is -0.344. The predicted molar refractivity (Wildman–Crippen MR) is 61.6 cm³/mol. The highest BCUT2D eigenvalue weighted by atomic mass is 16.2. The first-order valence-corrected chi connectivity index (χ1v) is 5.85. The molecular weight excluding hydrogens is 206 g/mol. The number of likely N-dealkylation sites (tertiary alicyclic amines) is 1. The van der Waals surface area contributed by atoms with Crippen LogP contribution in [0.1, 0.15) is 26.2 Å². The van der Waals surface area contributed by atoms with Gasteiger partial charge in [-0.1, -0.05) is 13.3 Å². The lowest BCUT2D eigenvalue weighted by Gasteiger charge is -2.17. The summed E-state index contributed by atoms with van der Waals surface area (Å²) in [6.45, 7) is 3.08. The van der Waals surface area contributed by atoms with Crippen molar-refractivity contribution >= 4 is 11.8 Å². The number of carbonyl (C=O) groups is 2. The molecule has 0 saturated carbocycles. The molecule has 0 aliphatic carbocycles. The number of nitrogens with two attached hydrogens (primary N) is 1. The number of likely N-dealkylation sites (N-methyl/N-ethyl adjacent to an activating group) is 1. The maximum atomic E-state index is 11.8. The number of hydrogen-bond donors (Lipinski definition) is 2. The van der Waals surface area contributed by atoms with Crippen molar-refractivity contribution in [3.8, 4) is 0 Å². The van der Waals surface area contributed by atoms with E-state index in [0.29, 0.717) is 19.5 Å². The maximum Gasteiger partial charge on any atom is 0.244 e. The van der Waals surface area contributed by atoms with Crippen molar-refractivity contribution in [1.29, 1.82) is 0 Å². The predicted octanol–water partition coefficient (Wildman–Crippen LogP) is -0.292. The highest BCUT2D eigenvalue weighted by Crippen LogP contribution is 2.11. The van der Waals surface area contributed by atoms with Crippen LogP contribution < -0.4 is 11.1 Å². The summed E-state index contributed by atoms with van der Waals surface area (Å²) in [5.74, 6) is -0.248. The van der Waals surface area contributed by atoms with E-state index in [9.17, 15) is 9.59 Å². The van der Waals surface area contributed by atoms with Gasteiger partial charge in [0.15, 0.2) is 0 Å². The van der Waals surface area contributed by atoms with Crippen molar-refractivity contribution in [3.63, 3.8) is 0 Å². The van der Waals surface area contributed by atoms with Crippen LogP contribution in [0.3, 0.4) is 0 Å². The Bertz CT molecular complexity index is 268. The molecule has 1 rings (SSSR count). The van der Waals surface area contributed by atoms with Gasteiger partial charge < -0.3 is 16.0 Å². The quantitative estimate of drug-likeness (QED) is 0.677. The van der Waals surface area contributed by atoms with Crippen LogP contribution in [-0.4, -0.2) is 42.9 Å². The van der Waals surface area contributed by atoms with Gasteiger partial charge in [0.25, 0.3) is 0 Å². The highest BCUT2D eigenvalue weighted by molar-refractivity contribution is 5.89. The molecule has 0 aromatic carbocycles. The second-order valence-corrected chi connectivity index (χ2v) is 4.33. The lowest BCUT2D eigenvalue weighted by atomic mass is 10.0. The van der Waals surface area contributed by atoms with Crippen LogP contribution in [-0.2, 0) is 9.59 Å². The molecule has 2 unspecified atom stereocenters. The Balaban J connectivity index is 2.47. The Morgan fingerprint density at radius 1 is 1.69 bits per heavy atom. The Labute approximate surface area is 96.4 Å². The summed E-state index contributed by atoms with van der Waals surface area (Å²) >= 11 is 0.